The van der Waals surface area contributed by atoms with Crippen molar-refractivity contribution in [3.8, 4) is 5.75 Å². The summed E-state index contributed by atoms with van der Waals surface area (Å²) in [5.74, 6) is -0.0927. The molecular formula is C21H22BrNO4. The fourth-order valence-electron chi connectivity index (χ4n) is 3.34. The highest BCUT2D eigenvalue weighted by atomic mass is 79.9. The highest BCUT2D eigenvalue weighted by Crippen LogP contribution is 2.44. The van der Waals surface area contributed by atoms with E-state index in [9.17, 15) is 14.7 Å². The number of fused-ring (bicyclic) bond motifs is 1. The molecule has 0 fully saturated rings. The first kappa shape index (κ1) is 19.6. The molecule has 1 heterocycles. The number of anilines is 1. The fraction of sp³-hybridized carbons (Fsp3) is 0.333. The van der Waals surface area contributed by atoms with Crippen LogP contribution in [0.15, 0.2) is 46.9 Å². The maximum Gasteiger partial charge on any atom is 0.264 e. The number of unbranched alkanes of at least 4 members (excludes halogenated alkanes) is 1. The molecule has 6 heteroatoms. The van der Waals surface area contributed by atoms with Crippen molar-refractivity contribution < 1.29 is 19.4 Å². The van der Waals surface area contributed by atoms with Crippen LogP contribution in [0.3, 0.4) is 0 Å². The van der Waals surface area contributed by atoms with E-state index < -0.39 is 11.5 Å². The lowest BCUT2D eigenvalue weighted by Crippen LogP contribution is -2.42. The summed E-state index contributed by atoms with van der Waals surface area (Å²) in [6.45, 7) is 2.56. The Hall–Kier alpha value is -2.18. The average molecular weight is 432 g/mol. The number of nitrogens with zero attached hydrogens (tertiary/aromatic N) is 1. The third kappa shape index (κ3) is 3.64. The summed E-state index contributed by atoms with van der Waals surface area (Å²) in [5.41, 5.74) is -0.286. The standard InChI is InChI=1S/C21H22BrNO4/c1-3-4-11-23-18-10-7-15(22)12-17(18)21(26,20(23)25)13-19(24)14-5-8-16(27-2)9-6-14/h5-10,12,26H,3-4,11,13H2,1-2H3/t21-/m0/s1. The second-order valence-electron chi connectivity index (χ2n) is 6.66. The third-order valence-corrected chi connectivity index (χ3v) is 5.35. The molecule has 0 spiro atoms. The van der Waals surface area contributed by atoms with Gasteiger partial charge in [0.05, 0.1) is 19.2 Å². The van der Waals surface area contributed by atoms with Gasteiger partial charge in [-0.05, 0) is 48.9 Å². The van der Waals surface area contributed by atoms with E-state index in [4.69, 9.17) is 4.74 Å². The van der Waals surface area contributed by atoms with Crippen molar-refractivity contribution in [2.24, 2.45) is 0 Å². The molecule has 0 aliphatic carbocycles. The van der Waals surface area contributed by atoms with Gasteiger partial charge in [0.15, 0.2) is 11.4 Å². The summed E-state index contributed by atoms with van der Waals surface area (Å²) in [4.78, 5) is 27.4. The van der Waals surface area contributed by atoms with E-state index >= 15 is 0 Å². The number of Topliss-reactive ketones (excluding diaryl/α,β-unsaturated/α-hetero) is 1. The average Bonchev–Trinajstić information content (AvgIpc) is 2.87. The van der Waals surface area contributed by atoms with Gasteiger partial charge in [-0.1, -0.05) is 29.3 Å². The summed E-state index contributed by atoms with van der Waals surface area (Å²) in [6, 6.07) is 12.0. The van der Waals surface area contributed by atoms with Gasteiger partial charge in [-0.2, -0.15) is 0 Å². The monoisotopic (exact) mass is 431 g/mol. The van der Waals surface area contributed by atoms with Gasteiger partial charge in [-0.25, -0.2) is 0 Å². The van der Waals surface area contributed by atoms with Crippen molar-refractivity contribution in [1.29, 1.82) is 0 Å². The number of ketones is 1. The number of halogens is 1. The second kappa shape index (κ2) is 7.82. The number of rotatable bonds is 7. The van der Waals surface area contributed by atoms with E-state index in [0.29, 0.717) is 29.1 Å². The van der Waals surface area contributed by atoms with Gasteiger partial charge in [0.1, 0.15) is 5.75 Å². The van der Waals surface area contributed by atoms with Crippen molar-refractivity contribution in [3.63, 3.8) is 0 Å². The minimum Gasteiger partial charge on any atom is -0.497 e. The highest BCUT2D eigenvalue weighted by Gasteiger charge is 2.50. The molecule has 1 atom stereocenters. The number of hydrogen-bond donors (Lipinski definition) is 1. The number of amides is 1. The van der Waals surface area contributed by atoms with Crippen LogP contribution in [0.25, 0.3) is 0 Å². The lowest BCUT2D eigenvalue weighted by atomic mass is 9.88. The quantitative estimate of drug-likeness (QED) is 0.670. The van der Waals surface area contributed by atoms with E-state index in [1.807, 2.05) is 19.1 Å². The van der Waals surface area contributed by atoms with Gasteiger partial charge in [0.2, 0.25) is 0 Å². The van der Waals surface area contributed by atoms with Crippen LogP contribution in [0.1, 0.15) is 42.1 Å². The number of benzene rings is 2. The second-order valence-corrected chi connectivity index (χ2v) is 7.58. The van der Waals surface area contributed by atoms with E-state index in [0.717, 1.165) is 17.3 Å². The normalized spacial score (nSPS) is 18.5. The number of aliphatic hydroxyl groups is 1. The lowest BCUT2D eigenvalue weighted by molar-refractivity contribution is -0.135. The molecule has 0 aromatic heterocycles. The number of hydrogen-bond acceptors (Lipinski definition) is 4. The van der Waals surface area contributed by atoms with Gasteiger partial charge in [-0.3, -0.25) is 9.59 Å². The van der Waals surface area contributed by atoms with Gasteiger partial charge in [0.25, 0.3) is 5.91 Å². The Labute approximate surface area is 167 Å². The lowest BCUT2D eigenvalue weighted by Gasteiger charge is -2.22. The molecule has 27 heavy (non-hydrogen) atoms. The number of carbonyl (C=O) groups excluding carboxylic acids is 2. The Balaban J connectivity index is 1.94. The molecule has 2 aromatic rings. The summed E-state index contributed by atoms with van der Waals surface area (Å²) >= 11 is 3.40. The largest absolute Gasteiger partial charge is 0.497 e. The molecule has 142 valence electrons. The fourth-order valence-corrected chi connectivity index (χ4v) is 3.70. The first-order chi connectivity index (χ1) is 12.9. The Bertz CT molecular complexity index is 865. The smallest absolute Gasteiger partial charge is 0.264 e. The van der Waals surface area contributed by atoms with Crippen molar-refractivity contribution >= 4 is 33.3 Å². The maximum absolute atomic E-state index is 13.1. The molecule has 0 saturated heterocycles. The SMILES string of the molecule is CCCCN1C(=O)[C@](O)(CC(=O)c2ccc(OC)cc2)c2cc(Br)ccc21. The number of carbonyl (C=O) groups is 2. The van der Waals surface area contributed by atoms with Crippen molar-refractivity contribution in [2.45, 2.75) is 31.8 Å². The van der Waals surface area contributed by atoms with Gasteiger partial charge >= 0.3 is 0 Å². The number of methoxy groups -OCH3 is 1. The summed E-state index contributed by atoms with van der Waals surface area (Å²) < 4.78 is 5.86. The zero-order chi connectivity index (χ0) is 19.6. The highest BCUT2D eigenvalue weighted by molar-refractivity contribution is 9.10. The van der Waals surface area contributed by atoms with Crippen LogP contribution in [0.2, 0.25) is 0 Å². The topological polar surface area (TPSA) is 66.8 Å². The predicted octanol–water partition coefficient (Wildman–Crippen LogP) is 4.07. The molecule has 5 nitrogen and oxygen atoms in total. The summed E-state index contributed by atoms with van der Waals surface area (Å²) in [7, 11) is 1.55. The predicted molar refractivity (Wildman–Crippen MR) is 107 cm³/mol. The van der Waals surface area contributed by atoms with Crippen LogP contribution in [0.5, 0.6) is 5.75 Å². The Morgan fingerprint density at radius 3 is 2.56 bits per heavy atom. The molecule has 0 radical (unpaired) electrons. The minimum absolute atomic E-state index is 0.295. The van der Waals surface area contributed by atoms with Crippen molar-refractivity contribution in [1.82, 2.24) is 0 Å². The molecule has 1 amide bonds. The van der Waals surface area contributed by atoms with Crippen LogP contribution in [-0.2, 0) is 10.4 Å². The molecule has 1 aliphatic heterocycles. The third-order valence-electron chi connectivity index (χ3n) is 4.86. The van der Waals surface area contributed by atoms with E-state index in [1.54, 1.807) is 42.3 Å². The molecular weight excluding hydrogens is 410 g/mol. The van der Waals surface area contributed by atoms with Crippen LogP contribution >= 0.6 is 15.9 Å². The molecule has 1 N–H and O–H groups in total. The molecule has 2 aromatic carbocycles. The van der Waals surface area contributed by atoms with Crippen LogP contribution < -0.4 is 9.64 Å². The molecule has 1 aliphatic rings. The molecule has 0 unspecified atom stereocenters. The van der Waals surface area contributed by atoms with Crippen LogP contribution in [-0.4, -0.2) is 30.5 Å². The molecule has 0 saturated carbocycles. The van der Waals surface area contributed by atoms with E-state index in [-0.39, 0.29) is 12.2 Å². The van der Waals surface area contributed by atoms with Crippen molar-refractivity contribution in [2.75, 3.05) is 18.6 Å². The van der Waals surface area contributed by atoms with Gasteiger partial charge in [-0.15, -0.1) is 0 Å². The van der Waals surface area contributed by atoms with Gasteiger partial charge in [0, 0.05) is 22.1 Å². The van der Waals surface area contributed by atoms with E-state index in [1.165, 1.54) is 0 Å². The van der Waals surface area contributed by atoms with Gasteiger partial charge < -0.3 is 14.7 Å². The molecule has 3 rings (SSSR count). The van der Waals surface area contributed by atoms with E-state index in [2.05, 4.69) is 15.9 Å². The van der Waals surface area contributed by atoms with Crippen LogP contribution in [0.4, 0.5) is 5.69 Å². The summed E-state index contributed by atoms with van der Waals surface area (Å²) in [6.07, 6.45) is 1.45. The zero-order valence-corrected chi connectivity index (χ0v) is 17.0. The Morgan fingerprint density at radius 2 is 1.93 bits per heavy atom. The van der Waals surface area contributed by atoms with Crippen LogP contribution in [0, 0.1) is 0 Å². The zero-order valence-electron chi connectivity index (χ0n) is 15.4. The Kier molecular flexibility index (Phi) is 5.67. The Morgan fingerprint density at radius 1 is 1.22 bits per heavy atom. The molecule has 0 bridgehead atoms. The number of ether oxygens (including phenoxy) is 1. The minimum atomic E-state index is -1.86. The first-order valence-corrected chi connectivity index (χ1v) is 9.71. The summed E-state index contributed by atoms with van der Waals surface area (Å²) in [5, 5.41) is 11.3. The van der Waals surface area contributed by atoms with Crippen molar-refractivity contribution in [3.05, 3.63) is 58.1 Å². The maximum atomic E-state index is 13.1. The first-order valence-electron chi connectivity index (χ1n) is 8.92.